The van der Waals surface area contributed by atoms with Gasteiger partial charge in [-0.1, -0.05) is 60.7 Å². The summed E-state index contributed by atoms with van der Waals surface area (Å²) in [5.41, 5.74) is -0.419. The molecule has 11 heteroatoms. The molecule has 2 aliphatic rings. The summed E-state index contributed by atoms with van der Waals surface area (Å²) < 4.78 is 36.2. The number of piperidine rings is 1. The van der Waals surface area contributed by atoms with Crippen molar-refractivity contribution >= 4 is 11.9 Å². The Kier molecular flexibility index (Phi) is 18.3. The predicted molar refractivity (Wildman–Crippen MR) is 208 cm³/mol. The first-order valence-corrected chi connectivity index (χ1v) is 20.0. The second-order valence-electron chi connectivity index (χ2n) is 15.7. The van der Waals surface area contributed by atoms with E-state index in [9.17, 15) is 14.7 Å². The maximum absolute atomic E-state index is 14.8. The van der Waals surface area contributed by atoms with E-state index in [0.717, 1.165) is 56.6 Å². The zero-order valence-electron chi connectivity index (χ0n) is 33.4. The number of benzene rings is 2. The van der Waals surface area contributed by atoms with Crippen LogP contribution in [0.15, 0.2) is 60.7 Å². The van der Waals surface area contributed by atoms with Gasteiger partial charge in [-0.25, -0.2) is 9.59 Å². The molecule has 2 saturated heterocycles. The van der Waals surface area contributed by atoms with Crippen molar-refractivity contribution in [3.8, 4) is 0 Å². The highest BCUT2D eigenvalue weighted by atomic mass is 16.6. The molecule has 0 bridgehead atoms. The molecule has 0 aliphatic carbocycles. The third-order valence-corrected chi connectivity index (χ3v) is 10.4. The van der Waals surface area contributed by atoms with Gasteiger partial charge in [0.25, 0.3) is 0 Å². The number of hydrogen-bond donors (Lipinski definition) is 1. The number of nitrogens with zero attached hydrogens (tertiary/aromatic N) is 2. The Morgan fingerprint density at radius 1 is 0.833 bits per heavy atom. The van der Waals surface area contributed by atoms with E-state index >= 15 is 0 Å². The van der Waals surface area contributed by atoms with Crippen LogP contribution >= 0.6 is 0 Å². The summed E-state index contributed by atoms with van der Waals surface area (Å²) in [5, 5.41) is 10.7. The first-order chi connectivity index (χ1) is 25.9. The topological polar surface area (TPSA) is 116 Å². The van der Waals surface area contributed by atoms with Gasteiger partial charge in [-0.15, -0.1) is 0 Å². The van der Waals surface area contributed by atoms with Gasteiger partial charge in [0.2, 0.25) is 0 Å². The molecule has 2 aliphatic heterocycles. The number of morpholine rings is 1. The highest BCUT2D eigenvalue weighted by Crippen LogP contribution is 2.39. The number of esters is 2. The standard InChI is InChI=1S/C43H66N2O9/c1-34(2)50-26-12-21-44-22-17-38(18-23-44)43(54-28-20-42(4,5)48,41(47)53-33-37-15-10-7-11-16-37)31-39(45-24-29-49-30-25-45)19-27-51-35(3)40(46)52-32-36-13-8-6-9-14-36/h6-11,13-16,34-35,38-39,48H,12,17-33H2,1-5H3. The van der Waals surface area contributed by atoms with Crippen molar-refractivity contribution < 1.29 is 43.1 Å². The number of ether oxygens (including phenoxy) is 6. The molecule has 0 saturated carbocycles. The van der Waals surface area contributed by atoms with Crippen molar-refractivity contribution in [2.75, 3.05) is 65.8 Å². The Morgan fingerprint density at radius 2 is 1.44 bits per heavy atom. The van der Waals surface area contributed by atoms with Crippen LogP contribution in [-0.2, 0) is 51.2 Å². The lowest BCUT2D eigenvalue weighted by Crippen LogP contribution is -2.57. The van der Waals surface area contributed by atoms with E-state index in [-0.39, 0.29) is 43.9 Å². The lowest BCUT2D eigenvalue weighted by atomic mass is 9.75. The van der Waals surface area contributed by atoms with Crippen molar-refractivity contribution in [3.05, 3.63) is 71.8 Å². The SMILES string of the molecule is CC(C)OCCCN1CCC(C(CC(CCOC(C)C(=O)OCc2ccccc2)N2CCOCC2)(OCCC(C)(C)O)C(=O)OCc2ccccc2)CC1. The molecule has 2 aromatic rings. The van der Waals surface area contributed by atoms with Crippen molar-refractivity contribution in [2.24, 2.45) is 5.92 Å². The summed E-state index contributed by atoms with van der Waals surface area (Å²) in [5.74, 6) is -0.900. The number of aliphatic hydroxyl groups is 1. The molecule has 54 heavy (non-hydrogen) atoms. The van der Waals surface area contributed by atoms with Crippen molar-refractivity contribution in [1.29, 1.82) is 0 Å². The third-order valence-electron chi connectivity index (χ3n) is 10.4. The molecule has 2 aromatic carbocycles. The number of carbonyl (C=O) groups excluding carboxylic acids is 2. The molecular weight excluding hydrogens is 688 g/mol. The lowest BCUT2D eigenvalue weighted by Gasteiger charge is -2.46. The molecule has 3 atom stereocenters. The van der Waals surface area contributed by atoms with Gasteiger partial charge in [0.1, 0.15) is 13.2 Å². The molecule has 2 heterocycles. The normalized spacial score (nSPS) is 18.6. The molecule has 0 radical (unpaired) electrons. The van der Waals surface area contributed by atoms with Gasteiger partial charge in [0.05, 0.1) is 31.5 Å². The van der Waals surface area contributed by atoms with Crippen LogP contribution in [0.5, 0.6) is 0 Å². The summed E-state index contributed by atoms with van der Waals surface area (Å²) >= 11 is 0. The Labute approximate surface area is 323 Å². The summed E-state index contributed by atoms with van der Waals surface area (Å²) in [7, 11) is 0. The van der Waals surface area contributed by atoms with Gasteiger partial charge in [-0.3, -0.25) is 4.90 Å². The molecule has 11 nitrogen and oxygen atoms in total. The Bertz CT molecular complexity index is 1340. The number of carbonyl (C=O) groups is 2. The van der Waals surface area contributed by atoms with E-state index in [0.29, 0.717) is 52.2 Å². The highest BCUT2D eigenvalue weighted by Gasteiger charge is 2.51. The number of hydrogen-bond acceptors (Lipinski definition) is 11. The minimum atomic E-state index is -1.27. The van der Waals surface area contributed by atoms with E-state index in [2.05, 4.69) is 23.6 Å². The van der Waals surface area contributed by atoms with Crippen molar-refractivity contribution in [3.63, 3.8) is 0 Å². The van der Waals surface area contributed by atoms with Gasteiger partial charge in [-0.2, -0.15) is 0 Å². The van der Waals surface area contributed by atoms with Gasteiger partial charge < -0.3 is 38.4 Å². The van der Waals surface area contributed by atoms with Crippen LogP contribution < -0.4 is 0 Å². The van der Waals surface area contributed by atoms with E-state index in [4.69, 9.17) is 28.4 Å². The van der Waals surface area contributed by atoms with Crippen molar-refractivity contribution in [1.82, 2.24) is 9.80 Å². The van der Waals surface area contributed by atoms with Crippen LogP contribution in [0, 0.1) is 5.92 Å². The van der Waals surface area contributed by atoms with Crippen LogP contribution in [-0.4, -0.2) is 122 Å². The predicted octanol–water partition coefficient (Wildman–Crippen LogP) is 5.80. The van der Waals surface area contributed by atoms with Crippen LogP contribution in [0.2, 0.25) is 0 Å². The zero-order chi connectivity index (χ0) is 38.8. The molecule has 4 rings (SSSR count). The summed E-state index contributed by atoms with van der Waals surface area (Å²) in [4.78, 5) is 32.4. The Morgan fingerprint density at radius 3 is 2.04 bits per heavy atom. The third kappa shape index (κ3) is 15.0. The first-order valence-electron chi connectivity index (χ1n) is 20.0. The average Bonchev–Trinajstić information content (AvgIpc) is 3.17. The van der Waals surface area contributed by atoms with E-state index in [1.165, 1.54) is 0 Å². The van der Waals surface area contributed by atoms with E-state index in [1.54, 1.807) is 20.8 Å². The second kappa shape index (κ2) is 22.6. The lowest BCUT2D eigenvalue weighted by molar-refractivity contribution is -0.193. The van der Waals surface area contributed by atoms with E-state index < -0.39 is 23.3 Å². The fourth-order valence-corrected chi connectivity index (χ4v) is 7.21. The maximum Gasteiger partial charge on any atom is 0.339 e. The Balaban J connectivity index is 1.54. The molecule has 1 N–H and O–H groups in total. The van der Waals surface area contributed by atoms with Crippen LogP contribution in [0.1, 0.15) is 84.3 Å². The fourth-order valence-electron chi connectivity index (χ4n) is 7.21. The largest absolute Gasteiger partial charge is 0.459 e. The fraction of sp³-hybridized carbons (Fsp3) is 0.674. The monoisotopic (exact) mass is 754 g/mol. The second-order valence-corrected chi connectivity index (χ2v) is 15.7. The van der Waals surface area contributed by atoms with Gasteiger partial charge >= 0.3 is 11.9 Å². The number of rotatable bonds is 23. The average molecular weight is 755 g/mol. The smallest absolute Gasteiger partial charge is 0.339 e. The quantitative estimate of drug-likeness (QED) is 0.110. The summed E-state index contributed by atoms with van der Waals surface area (Å²) in [6.07, 6.45) is 3.26. The molecule has 0 aromatic heterocycles. The van der Waals surface area contributed by atoms with E-state index in [1.807, 2.05) is 60.7 Å². The molecule has 3 unspecified atom stereocenters. The Hall–Kier alpha value is -2.90. The van der Waals surface area contributed by atoms with Crippen LogP contribution in [0.3, 0.4) is 0 Å². The minimum absolute atomic E-state index is 0.109. The molecule has 2 fully saturated rings. The van der Waals surface area contributed by atoms with Gasteiger partial charge in [-0.05, 0) is 90.9 Å². The van der Waals surface area contributed by atoms with Crippen molar-refractivity contribution in [2.45, 2.75) is 116 Å². The molecular formula is C43H66N2O9. The molecule has 302 valence electrons. The van der Waals surface area contributed by atoms with Crippen LogP contribution in [0.25, 0.3) is 0 Å². The van der Waals surface area contributed by atoms with Gasteiger partial charge in [0.15, 0.2) is 11.7 Å². The number of likely N-dealkylation sites (tertiary alicyclic amines) is 1. The van der Waals surface area contributed by atoms with Crippen LogP contribution in [0.4, 0.5) is 0 Å². The summed E-state index contributed by atoms with van der Waals surface area (Å²) in [6.45, 7) is 16.1. The highest BCUT2D eigenvalue weighted by molar-refractivity contribution is 5.80. The molecule has 0 spiro atoms. The first kappa shape index (κ1) is 43.8. The zero-order valence-corrected chi connectivity index (χ0v) is 33.4. The van der Waals surface area contributed by atoms with Gasteiger partial charge in [0, 0.05) is 51.2 Å². The molecule has 0 amide bonds. The minimum Gasteiger partial charge on any atom is -0.459 e. The maximum atomic E-state index is 14.8. The summed E-state index contributed by atoms with van der Waals surface area (Å²) in [6, 6.07) is 19.2.